The Labute approximate surface area is 117 Å². The lowest BCUT2D eigenvalue weighted by molar-refractivity contribution is -0.118. The number of carbonyl (C=O) groups excluding carboxylic acids is 1. The van der Waals surface area contributed by atoms with Crippen LogP contribution in [0, 0.1) is 11.7 Å². The number of anilines is 3. The molecule has 0 spiro atoms. The van der Waals surface area contributed by atoms with Gasteiger partial charge in [0.05, 0.1) is 11.9 Å². The van der Waals surface area contributed by atoms with E-state index < -0.39 is 0 Å². The van der Waals surface area contributed by atoms with Gasteiger partial charge in [0.15, 0.2) is 0 Å². The minimum Gasteiger partial charge on any atom is -0.340 e. The van der Waals surface area contributed by atoms with Crippen LogP contribution in [-0.2, 0) is 4.79 Å². The summed E-state index contributed by atoms with van der Waals surface area (Å²) in [6, 6.07) is 9.60. The lowest BCUT2D eigenvalue weighted by Gasteiger charge is -2.09. The summed E-state index contributed by atoms with van der Waals surface area (Å²) >= 11 is 0. The van der Waals surface area contributed by atoms with Gasteiger partial charge in [-0.2, -0.15) is 0 Å². The third-order valence-electron chi connectivity index (χ3n) is 2.65. The lowest BCUT2D eigenvalue weighted by atomic mass is 10.2. The highest BCUT2D eigenvalue weighted by Crippen LogP contribution is 2.17. The molecule has 1 heterocycles. The average molecular weight is 273 g/mol. The molecular weight excluding hydrogens is 257 g/mol. The summed E-state index contributed by atoms with van der Waals surface area (Å²) in [5, 5.41) is 5.74. The summed E-state index contributed by atoms with van der Waals surface area (Å²) < 4.78 is 13.0. The van der Waals surface area contributed by atoms with Crippen LogP contribution in [0.1, 0.15) is 13.8 Å². The van der Waals surface area contributed by atoms with Crippen molar-refractivity contribution in [2.75, 3.05) is 10.6 Å². The SMILES string of the molecule is CC(C)C(=O)Nc1ccc(Nc2cccc(F)c2)nc1. The molecule has 0 atom stereocenters. The standard InChI is InChI=1S/C15H16FN3O/c1-10(2)15(20)19-13-6-7-14(17-9-13)18-12-5-3-4-11(16)8-12/h3-10H,1-2H3,(H,17,18)(H,19,20). The number of benzene rings is 1. The fourth-order valence-corrected chi connectivity index (χ4v) is 1.54. The van der Waals surface area contributed by atoms with Crippen LogP contribution >= 0.6 is 0 Å². The van der Waals surface area contributed by atoms with Crippen molar-refractivity contribution >= 4 is 23.1 Å². The molecule has 0 radical (unpaired) electrons. The van der Waals surface area contributed by atoms with E-state index in [1.807, 2.05) is 13.8 Å². The van der Waals surface area contributed by atoms with Gasteiger partial charge >= 0.3 is 0 Å². The van der Waals surface area contributed by atoms with E-state index in [1.165, 1.54) is 12.1 Å². The van der Waals surface area contributed by atoms with Gasteiger partial charge in [-0.25, -0.2) is 9.37 Å². The van der Waals surface area contributed by atoms with E-state index in [9.17, 15) is 9.18 Å². The van der Waals surface area contributed by atoms with Gasteiger partial charge in [-0.3, -0.25) is 4.79 Å². The third kappa shape index (κ3) is 3.78. The smallest absolute Gasteiger partial charge is 0.226 e. The molecule has 1 amide bonds. The van der Waals surface area contributed by atoms with E-state index >= 15 is 0 Å². The van der Waals surface area contributed by atoms with E-state index in [4.69, 9.17) is 0 Å². The van der Waals surface area contributed by atoms with Crippen molar-refractivity contribution in [3.8, 4) is 0 Å². The third-order valence-corrected chi connectivity index (χ3v) is 2.65. The number of halogens is 1. The summed E-state index contributed by atoms with van der Waals surface area (Å²) in [7, 11) is 0. The van der Waals surface area contributed by atoms with Crippen molar-refractivity contribution in [1.29, 1.82) is 0 Å². The molecule has 2 rings (SSSR count). The van der Waals surface area contributed by atoms with E-state index in [1.54, 1.807) is 30.5 Å². The van der Waals surface area contributed by atoms with E-state index in [2.05, 4.69) is 15.6 Å². The topological polar surface area (TPSA) is 54.0 Å². The predicted octanol–water partition coefficient (Wildman–Crippen LogP) is 3.56. The molecule has 4 nitrogen and oxygen atoms in total. The van der Waals surface area contributed by atoms with Crippen molar-refractivity contribution in [3.05, 3.63) is 48.4 Å². The van der Waals surface area contributed by atoms with Crippen molar-refractivity contribution in [2.24, 2.45) is 5.92 Å². The van der Waals surface area contributed by atoms with E-state index in [0.717, 1.165) is 0 Å². The van der Waals surface area contributed by atoms with Gasteiger partial charge in [0.2, 0.25) is 5.91 Å². The fourth-order valence-electron chi connectivity index (χ4n) is 1.54. The van der Waals surface area contributed by atoms with Crippen LogP contribution in [-0.4, -0.2) is 10.9 Å². The van der Waals surface area contributed by atoms with E-state index in [0.29, 0.717) is 17.2 Å². The number of rotatable bonds is 4. The Morgan fingerprint density at radius 1 is 1.20 bits per heavy atom. The maximum Gasteiger partial charge on any atom is 0.226 e. The van der Waals surface area contributed by atoms with Crippen LogP contribution in [0.15, 0.2) is 42.6 Å². The molecule has 5 heteroatoms. The van der Waals surface area contributed by atoms with Gasteiger partial charge < -0.3 is 10.6 Å². The van der Waals surface area contributed by atoms with Crippen LogP contribution in [0.25, 0.3) is 0 Å². The first-order valence-corrected chi connectivity index (χ1v) is 6.34. The summed E-state index contributed by atoms with van der Waals surface area (Å²) in [6.07, 6.45) is 1.56. The number of pyridine rings is 1. The molecule has 0 saturated heterocycles. The normalized spacial score (nSPS) is 10.4. The maximum atomic E-state index is 13.0. The molecule has 0 aliphatic heterocycles. The number of hydrogen-bond acceptors (Lipinski definition) is 3. The highest BCUT2D eigenvalue weighted by Gasteiger charge is 2.07. The van der Waals surface area contributed by atoms with Crippen molar-refractivity contribution < 1.29 is 9.18 Å². The fraction of sp³-hybridized carbons (Fsp3) is 0.200. The van der Waals surface area contributed by atoms with Crippen LogP contribution in [0.2, 0.25) is 0 Å². The first-order chi connectivity index (χ1) is 9.54. The second-order valence-electron chi connectivity index (χ2n) is 4.71. The quantitative estimate of drug-likeness (QED) is 0.895. The molecule has 0 saturated carbocycles. The van der Waals surface area contributed by atoms with Crippen LogP contribution in [0.3, 0.4) is 0 Å². The first-order valence-electron chi connectivity index (χ1n) is 6.34. The highest BCUT2D eigenvalue weighted by molar-refractivity contribution is 5.91. The Morgan fingerprint density at radius 3 is 2.60 bits per heavy atom. The number of carbonyl (C=O) groups is 1. The molecular formula is C15H16FN3O. The van der Waals surface area contributed by atoms with Gasteiger partial charge in [0.1, 0.15) is 11.6 Å². The molecule has 2 aromatic rings. The maximum absolute atomic E-state index is 13.0. The molecule has 20 heavy (non-hydrogen) atoms. The van der Waals surface area contributed by atoms with Crippen LogP contribution in [0.5, 0.6) is 0 Å². The molecule has 0 unspecified atom stereocenters. The Bertz CT molecular complexity index is 596. The van der Waals surface area contributed by atoms with Crippen LogP contribution in [0.4, 0.5) is 21.6 Å². The molecule has 0 aliphatic carbocycles. The zero-order chi connectivity index (χ0) is 14.5. The van der Waals surface area contributed by atoms with Crippen molar-refractivity contribution in [3.63, 3.8) is 0 Å². The largest absolute Gasteiger partial charge is 0.340 e. The summed E-state index contributed by atoms with van der Waals surface area (Å²) in [5.74, 6) is 0.131. The van der Waals surface area contributed by atoms with Crippen molar-refractivity contribution in [1.82, 2.24) is 4.98 Å². The zero-order valence-electron chi connectivity index (χ0n) is 11.4. The van der Waals surface area contributed by atoms with Crippen molar-refractivity contribution in [2.45, 2.75) is 13.8 Å². The van der Waals surface area contributed by atoms with Gasteiger partial charge in [0.25, 0.3) is 0 Å². The second kappa shape index (κ2) is 6.14. The molecule has 0 aliphatic rings. The van der Waals surface area contributed by atoms with Gasteiger partial charge in [-0.05, 0) is 30.3 Å². The number of nitrogens with zero attached hydrogens (tertiary/aromatic N) is 1. The number of amides is 1. The Morgan fingerprint density at radius 2 is 2.00 bits per heavy atom. The van der Waals surface area contributed by atoms with Gasteiger partial charge in [-0.15, -0.1) is 0 Å². The Balaban J connectivity index is 2.03. The lowest BCUT2D eigenvalue weighted by Crippen LogP contribution is -2.17. The first kappa shape index (κ1) is 14.0. The average Bonchev–Trinajstić information content (AvgIpc) is 2.41. The highest BCUT2D eigenvalue weighted by atomic mass is 19.1. The monoisotopic (exact) mass is 273 g/mol. The molecule has 1 aromatic carbocycles. The minimum absolute atomic E-state index is 0.0577. The zero-order valence-corrected chi connectivity index (χ0v) is 11.4. The summed E-state index contributed by atoms with van der Waals surface area (Å²) in [5.41, 5.74) is 1.25. The van der Waals surface area contributed by atoms with Crippen LogP contribution < -0.4 is 10.6 Å². The van der Waals surface area contributed by atoms with E-state index in [-0.39, 0.29) is 17.6 Å². The minimum atomic E-state index is -0.309. The van der Waals surface area contributed by atoms with Gasteiger partial charge in [-0.1, -0.05) is 19.9 Å². The van der Waals surface area contributed by atoms with Gasteiger partial charge in [0, 0.05) is 11.6 Å². The molecule has 0 bridgehead atoms. The molecule has 0 fully saturated rings. The Hall–Kier alpha value is -2.43. The number of aromatic nitrogens is 1. The second-order valence-corrected chi connectivity index (χ2v) is 4.71. The predicted molar refractivity (Wildman–Crippen MR) is 77.4 cm³/mol. The summed E-state index contributed by atoms with van der Waals surface area (Å²) in [6.45, 7) is 3.64. The molecule has 104 valence electrons. The number of hydrogen-bond donors (Lipinski definition) is 2. The summed E-state index contributed by atoms with van der Waals surface area (Å²) in [4.78, 5) is 15.7. The Kier molecular flexibility index (Phi) is 4.30. The molecule has 2 N–H and O–H groups in total. The molecule has 1 aromatic heterocycles. The number of nitrogens with one attached hydrogen (secondary N) is 2.